The molecule has 1 aliphatic heterocycles. The second kappa shape index (κ2) is 10.8. The first kappa shape index (κ1) is 22.6. The van der Waals surface area contributed by atoms with E-state index < -0.39 is 0 Å². The lowest BCUT2D eigenvalue weighted by Gasteiger charge is -2.28. The Kier molecular flexibility index (Phi) is 7.44. The minimum Gasteiger partial charge on any atom is -0.497 e. The van der Waals surface area contributed by atoms with Crippen molar-refractivity contribution < 1.29 is 18.8 Å². The van der Waals surface area contributed by atoms with Crippen molar-refractivity contribution in [3.63, 3.8) is 0 Å². The smallest absolute Gasteiger partial charge is 0.227 e. The number of methoxy groups -OCH3 is 2. The third-order valence-electron chi connectivity index (χ3n) is 5.84. The van der Waals surface area contributed by atoms with E-state index in [2.05, 4.69) is 32.5 Å². The fourth-order valence-electron chi connectivity index (χ4n) is 3.97. The van der Waals surface area contributed by atoms with Gasteiger partial charge < -0.3 is 24.2 Å². The Bertz CT molecular complexity index is 1060. The normalized spacial score (nSPS) is 13.6. The second-order valence-corrected chi connectivity index (χ2v) is 8.06. The van der Waals surface area contributed by atoms with E-state index in [1.165, 1.54) is 24.9 Å². The predicted molar refractivity (Wildman–Crippen MR) is 126 cm³/mol. The van der Waals surface area contributed by atoms with Crippen LogP contribution in [0.4, 0.5) is 5.69 Å². The molecule has 1 fully saturated rings. The first-order valence-corrected chi connectivity index (χ1v) is 11.3. The topological polar surface area (TPSA) is 89.7 Å². The highest BCUT2D eigenvalue weighted by molar-refractivity contribution is 5.76. The molecule has 1 saturated heterocycles. The molecular weight excluding hydrogens is 420 g/mol. The summed E-state index contributed by atoms with van der Waals surface area (Å²) in [6.45, 7) is 2.56. The number of aromatic nitrogens is 2. The average molecular weight is 451 g/mol. The minimum atomic E-state index is -0.106. The minimum absolute atomic E-state index is 0.106. The van der Waals surface area contributed by atoms with Crippen LogP contribution in [-0.4, -0.2) is 43.4 Å². The maximum Gasteiger partial charge on any atom is 0.227 e. The van der Waals surface area contributed by atoms with Crippen LogP contribution in [0.5, 0.6) is 11.5 Å². The number of anilines is 1. The lowest BCUT2D eigenvalue weighted by atomic mass is 10.1. The van der Waals surface area contributed by atoms with Crippen LogP contribution in [0.3, 0.4) is 0 Å². The van der Waals surface area contributed by atoms with Gasteiger partial charge in [-0.3, -0.25) is 4.79 Å². The van der Waals surface area contributed by atoms with Gasteiger partial charge >= 0.3 is 0 Å². The van der Waals surface area contributed by atoms with Crippen LogP contribution in [0.25, 0.3) is 11.4 Å². The lowest BCUT2D eigenvalue weighted by Crippen LogP contribution is -2.29. The van der Waals surface area contributed by atoms with E-state index in [0.29, 0.717) is 36.2 Å². The summed E-state index contributed by atoms with van der Waals surface area (Å²) in [6, 6.07) is 13.7. The number of rotatable bonds is 9. The molecule has 0 aliphatic carbocycles. The van der Waals surface area contributed by atoms with Gasteiger partial charge in [-0.25, -0.2) is 0 Å². The molecule has 0 spiro atoms. The van der Waals surface area contributed by atoms with E-state index in [4.69, 9.17) is 14.0 Å². The van der Waals surface area contributed by atoms with Crippen LogP contribution in [0.2, 0.25) is 0 Å². The molecule has 1 amide bonds. The number of nitrogens with zero attached hydrogens (tertiary/aromatic N) is 3. The molecule has 8 heteroatoms. The van der Waals surface area contributed by atoms with Crippen molar-refractivity contribution in [2.24, 2.45) is 0 Å². The van der Waals surface area contributed by atoms with Gasteiger partial charge in [0.05, 0.1) is 14.2 Å². The SMILES string of the molecule is COc1ccc(OC)c(CNC(=O)CCc2nc(-c3ccc(N4CCCCC4)cc3)no2)c1. The third-order valence-corrected chi connectivity index (χ3v) is 5.84. The van der Waals surface area contributed by atoms with Crippen LogP contribution in [0, 0.1) is 0 Å². The number of hydrogen-bond acceptors (Lipinski definition) is 7. The summed E-state index contributed by atoms with van der Waals surface area (Å²) in [6.07, 6.45) is 4.43. The second-order valence-electron chi connectivity index (χ2n) is 8.06. The van der Waals surface area contributed by atoms with Gasteiger partial charge in [0.15, 0.2) is 0 Å². The highest BCUT2D eigenvalue weighted by atomic mass is 16.5. The quantitative estimate of drug-likeness (QED) is 0.527. The number of piperidine rings is 1. The molecule has 0 radical (unpaired) electrons. The molecule has 3 aromatic rings. The van der Waals surface area contributed by atoms with Gasteiger partial charge in [0.1, 0.15) is 11.5 Å². The Hall–Kier alpha value is -3.55. The molecule has 2 aromatic carbocycles. The molecule has 0 saturated carbocycles. The van der Waals surface area contributed by atoms with Crippen LogP contribution in [0.1, 0.15) is 37.1 Å². The van der Waals surface area contributed by atoms with Gasteiger partial charge in [0.25, 0.3) is 0 Å². The molecule has 174 valence electrons. The van der Waals surface area contributed by atoms with E-state index in [1.807, 2.05) is 30.3 Å². The molecule has 1 aromatic heterocycles. The Morgan fingerprint density at radius 2 is 1.85 bits per heavy atom. The van der Waals surface area contributed by atoms with Gasteiger partial charge in [-0.2, -0.15) is 4.98 Å². The molecule has 1 aliphatic rings. The molecule has 8 nitrogen and oxygen atoms in total. The Balaban J connectivity index is 1.29. The van der Waals surface area contributed by atoms with Crippen molar-refractivity contribution in [3.05, 3.63) is 53.9 Å². The standard InChI is InChI=1S/C25H30N4O4/c1-31-21-10-11-22(32-2)19(16-21)17-26-23(30)12-13-24-27-25(28-33-24)18-6-8-20(9-7-18)29-14-4-3-5-15-29/h6-11,16H,3-5,12-15,17H2,1-2H3,(H,26,30). The molecule has 0 bridgehead atoms. The molecule has 1 N–H and O–H groups in total. The number of carbonyl (C=O) groups excluding carboxylic acids is 1. The van der Waals surface area contributed by atoms with Gasteiger partial charge in [-0.15, -0.1) is 0 Å². The van der Waals surface area contributed by atoms with Gasteiger partial charge in [0.2, 0.25) is 17.6 Å². The zero-order valence-electron chi connectivity index (χ0n) is 19.2. The van der Waals surface area contributed by atoms with E-state index >= 15 is 0 Å². The largest absolute Gasteiger partial charge is 0.497 e. The van der Waals surface area contributed by atoms with Crippen molar-refractivity contribution >= 4 is 11.6 Å². The number of carbonyl (C=O) groups is 1. The number of amides is 1. The zero-order valence-corrected chi connectivity index (χ0v) is 19.2. The predicted octanol–water partition coefficient (Wildman–Crippen LogP) is 3.99. The first-order chi connectivity index (χ1) is 16.2. The molecule has 4 rings (SSSR count). The first-order valence-electron chi connectivity index (χ1n) is 11.3. The highest BCUT2D eigenvalue weighted by Crippen LogP contribution is 2.25. The monoisotopic (exact) mass is 450 g/mol. The van der Waals surface area contributed by atoms with Crippen LogP contribution in [-0.2, 0) is 17.8 Å². The number of aryl methyl sites for hydroxylation is 1. The lowest BCUT2D eigenvalue weighted by molar-refractivity contribution is -0.121. The fraction of sp³-hybridized carbons (Fsp3) is 0.400. The molecule has 2 heterocycles. The van der Waals surface area contributed by atoms with Crippen LogP contribution >= 0.6 is 0 Å². The van der Waals surface area contributed by atoms with Gasteiger partial charge in [-0.1, -0.05) is 5.16 Å². The molecule has 0 atom stereocenters. The van der Waals surface area contributed by atoms with E-state index in [0.717, 1.165) is 24.2 Å². The van der Waals surface area contributed by atoms with Crippen molar-refractivity contribution in [1.29, 1.82) is 0 Å². The van der Waals surface area contributed by atoms with Crippen molar-refractivity contribution in [1.82, 2.24) is 15.5 Å². The Labute approximate surface area is 193 Å². The Morgan fingerprint density at radius 1 is 1.06 bits per heavy atom. The number of ether oxygens (including phenoxy) is 2. The van der Waals surface area contributed by atoms with Crippen LogP contribution in [0.15, 0.2) is 47.0 Å². The fourth-order valence-corrected chi connectivity index (χ4v) is 3.97. The number of hydrogen-bond donors (Lipinski definition) is 1. The zero-order chi connectivity index (χ0) is 23.0. The summed E-state index contributed by atoms with van der Waals surface area (Å²) in [5.41, 5.74) is 2.98. The highest BCUT2D eigenvalue weighted by Gasteiger charge is 2.14. The van der Waals surface area contributed by atoms with Crippen LogP contribution < -0.4 is 19.7 Å². The van der Waals surface area contributed by atoms with Gasteiger partial charge in [0, 0.05) is 49.3 Å². The third kappa shape index (κ3) is 5.83. The summed E-state index contributed by atoms with van der Waals surface area (Å²) in [4.78, 5) is 19.2. The number of benzene rings is 2. The van der Waals surface area contributed by atoms with Crippen molar-refractivity contribution in [2.45, 2.75) is 38.6 Å². The van der Waals surface area contributed by atoms with E-state index in [-0.39, 0.29) is 12.3 Å². The molecular formula is C25H30N4O4. The summed E-state index contributed by atoms with van der Waals surface area (Å²) in [5, 5.41) is 6.98. The van der Waals surface area contributed by atoms with E-state index in [1.54, 1.807) is 14.2 Å². The molecule has 33 heavy (non-hydrogen) atoms. The number of nitrogens with one attached hydrogen (secondary N) is 1. The summed E-state index contributed by atoms with van der Waals surface area (Å²) >= 11 is 0. The summed E-state index contributed by atoms with van der Waals surface area (Å²) in [5.74, 6) is 2.28. The molecule has 0 unspecified atom stereocenters. The maximum absolute atomic E-state index is 12.3. The summed E-state index contributed by atoms with van der Waals surface area (Å²) < 4.78 is 16.0. The summed E-state index contributed by atoms with van der Waals surface area (Å²) in [7, 11) is 3.20. The van der Waals surface area contributed by atoms with Gasteiger partial charge in [-0.05, 0) is 61.7 Å². The van der Waals surface area contributed by atoms with Crippen molar-refractivity contribution in [2.75, 3.05) is 32.2 Å². The Morgan fingerprint density at radius 3 is 2.58 bits per heavy atom. The average Bonchev–Trinajstić information content (AvgIpc) is 3.36. The van der Waals surface area contributed by atoms with Crippen molar-refractivity contribution in [3.8, 4) is 22.9 Å². The van der Waals surface area contributed by atoms with E-state index in [9.17, 15) is 4.79 Å². The maximum atomic E-state index is 12.3.